The fraction of sp³-hybridized carbons (Fsp3) is 0.429. The molecule has 0 unspecified atom stereocenters. The summed E-state index contributed by atoms with van der Waals surface area (Å²) in [4.78, 5) is 23.0. The van der Waals surface area contributed by atoms with Crippen molar-refractivity contribution >= 4 is 11.8 Å². The lowest BCUT2D eigenvalue weighted by Crippen LogP contribution is -2.28. The van der Waals surface area contributed by atoms with Crippen LogP contribution in [0.5, 0.6) is 0 Å². The van der Waals surface area contributed by atoms with E-state index in [0.29, 0.717) is 12.0 Å². The van der Waals surface area contributed by atoms with Crippen LogP contribution in [0.1, 0.15) is 38.4 Å². The number of carbonyl (C=O) groups excluding carboxylic acids is 2. The highest BCUT2D eigenvalue weighted by molar-refractivity contribution is 5.84. The Morgan fingerprint density at radius 1 is 1.28 bits per heavy atom. The van der Waals surface area contributed by atoms with Gasteiger partial charge in [-0.1, -0.05) is 43.7 Å². The molecule has 1 rings (SSSR count). The zero-order chi connectivity index (χ0) is 13.5. The first-order valence-corrected chi connectivity index (χ1v) is 6.00. The lowest BCUT2D eigenvalue weighted by atomic mass is 10.1. The van der Waals surface area contributed by atoms with Crippen molar-refractivity contribution in [3.05, 3.63) is 35.9 Å². The maximum atomic E-state index is 11.7. The zero-order valence-corrected chi connectivity index (χ0v) is 10.6. The Labute approximate surface area is 107 Å². The summed E-state index contributed by atoms with van der Waals surface area (Å²) in [6, 6.07) is 8.50. The van der Waals surface area contributed by atoms with Crippen LogP contribution in [0, 0.1) is 0 Å². The first-order valence-electron chi connectivity index (χ1n) is 6.00. The number of aliphatic hydroxyl groups excluding tert-OH is 1. The molecule has 98 valence electrons. The molecule has 0 aliphatic heterocycles. The highest BCUT2D eigenvalue weighted by Gasteiger charge is 2.24. The van der Waals surface area contributed by atoms with Crippen molar-refractivity contribution in [3.63, 3.8) is 0 Å². The summed E-state index contributed by atoms with van der Waals surface area (Å²) >= 11 is 0. The van der Waals surface area contributed by atoms with Crippen molar-refractivity contribution < 1.29 is 19.4 Å². The van der Waals surface area contributed by atoms with Crippen molar-refractivity contribution in [2.75, 3.05) is 0 Å². The van der Waals surface area contributed by atoms with Crippen molar-refractivity contribution in [3.8, 4) is 0 Å². The van der Waals surface area contributed by atoms with Crippen LogP contribution in [0.4, 0.5) is 0 Å². The van der Waals surface area contributed by atoms with Crippen LogP contribution in [-0.2, 0) is 14.3 Å². The average Bonchev–Trinajstić information content (AvgIpc) is 2.38. The van der Waals surface area contributed by atoms with Crippen LogP contribution in [0.2, 0.25) is 0 Å². The SMILES string of the molecule is CCC[C@H](OC(=O)[C@H](O)c1ccccc1)C(C)=O. The minimum absolute atomic E-state index is 0.203. The number of Topliss-reactive ketones (excluding diaryl/α,β-unsaturated/α-hetero) is 1. The van der Waals surface area contributed by atoms with E-state index < -0.39 is 18.2 Å². The van der Waals surface area contributed by atoms with Gasteiger partial charge in [0.2, 0.25) is 0 Å². The Morgan fingerprint density at radius 2 is 1.89 bits per heavy atom. The number of benzene rings is 1. The summed E-state index contributed by atoms with van der Waals surface area (Å²) < 4.78 is 5.03. The maximum Gasteiger partial charge on any atom is 0.340 e. The van der Waals surface area contributed by atoms with Gasteiger partial charge in [0, 0.05) is 0 Å². The molecule has 0 heterocycles. The summed E-state index contributed by atoms with van der Waals surface area (Å²) in [5, 5.41) is 9.80. The molecule has 0 aliphatic rings. The van der Waals surface area contributed by atoms with E-state index in [1.807, 2.05) is 6.92 Å². The number of carbonyl (C=O) groups is 2. The van der Waals surface area contributed by atoms with Gasteiger partial charge < -0.3 is 9.84 Å². The fourth-order valence-electron chi connectivity index (χ4n) is 1.58. The van der Waals surface area contributed by atoms with Crippen molar-refractivity contribution in [1.82, 2.24) is 0 Å². The molecule has 0 bridgehead atoms. The fourth-order valence-corrected chi connectivity index (χ4v) is 1.58. The Morgan fingerprint density at radius 3 is 2.39 bits per heavy atom. The van der Waals surface area contributed by atoms with Crippen LogP contribution in [0.25, 0.3) is 0 Å². The summed E-state index contributed by atoms with van der Waals surface area (Å²) in [5.74, 6) is -0.986. The van der Waals surface area contributed by atoms with Gasteiger partial charge in [0.25, 0.3) is 0 Å². The third kappa shape index (κ3) is 3.96. The molecule has 18 heavy (non-hydrogen) atoms. The molecule has 0 aliphatic carbocycles. The molecule has 0 saturated carbocycles. The normalized spacial score (nSPS) is 13.7. The highest BCUT2D eigenvalue weighted by Crippen LogP contribution is 2.16. The summed E-state index contributed by atoms with van der Waals surface area (Å²) in [6.45, 7) is 3.28. The van der Waals surface area contributed by atoms with E-state index in [0.717, 1.165) is 6.42 Å². The minimum Gasteiger partial charge on any atom is -0.452 e. The van der Waals surface area contributed by atoms with Gasteiger partial charge in [-0.05, 0) is 18.9 Å². The highest BCUT2D eigenvalue weighted by atomic mass is 16.6. The van der Waals surface area contributed by atoms with E-state index >= 15 is 0 Å². The maximum absolute atomic E-state index is 11.7. The Balaban J connectivity index is 2.67. The van der Waals surface area contributed by atoms with Gasteiger partial charge in [-0.2, -0.15) is 0 Å². The number of hydrogen-bond donors (Lipinski definition) is 1. The second-order valence-electron chi connectivity index (χ2n) is 4.14. The first kappa shape index (κ1) is 14.4. The Kier molecular flexibility index (Phi) is 5.52. The summed E-state index contributed by atoms with van der Waals surface area (Å²) in [7, 11) is 0. The van der Waals surface area contributed by atoms with Crippen molar-refractivity contribution in [1.29, 1.82) is 0 Å². The standard InChI is InChI=1S/C14H18O4/c1-3-7-12(10(2)15)18-14(17)13(16)11-8-5-4-6-9-11/h4-6,8-9,12-13,16H,3,7H2,1-2H3/t12-,13+/m0/s1. The molecule has 0 saturated heterocycles. The molecule has 0 fully saturated rings. The molecule has 0 aromatic heterocycles. The topological polar surface area (TPSA) is 63.6 Å². The number of ketones is 1. The molecular formula is C14H18O4. The molecule has 0 spiro atoms. The first-order chi connectivity index (χ1) is 8.56. The molecule has 1 N–H and O–H groups in total. The minimum atomic E-state index is -1.34. The average molecular weight is 250 g/mol. The molecular weight excluding hydrogens is 232 g/mol. The van der Waals surface area contributed by atoms with Gasteiger partial charge in [0.05, 0.1) is 0 Å². The Hall–Kier alpha value is -1.68. The second kappa shape index (κ2) is 6.91. The van der Waals surface area contributed by atoms with Crippen molar-refractivity contribution in [2.45, 2.75) is 38.9 Å². The lowest BCUT2D eigenvalue weighted by molar-refractivity contribution is -0.163. The van der Waals surface area contributed by atoms with Crippen LogP contribution < -0.4 is 0 Å². The second-order valence-corrected chi connectivity index (χ2v) is 4.14. The van der Waals surface area contributed by atoms with Gasteiger partial charge in [0.15, 0.2) is 18.0 Å². The molecule has 4 heteroatoms. The lowest BCUT2D eigenvalue weighted by Gasteiger charge is -2.17. The number of esters is 1. The smallest absolute Gasteiger partial charge is 0.340 e. The summed E-state index contributed by atoms with van der Waals surface area (Å²) in [6.07, 6.45) is -0.896. The zero-order valence-electron chi connectivity index (χ0n) is 10.6. The van der Waals surface area contributed by atoms with Gasteiger partial charge in [-0.15, -0.1) is 0 Å². The van der Waals surface area contributed by atoms with Crippen LogP contribution in [0.15, 0.2) is 30.3 Å². The monoisotopic (exact) mass is 250 g/mol. The van der Waals surface area contributed by atoms with E-state index in [1.54, 1.807) is 30.3 Å². The number of aliphatic hydroxyl groups is 1. The third-order valence-corrected chi connectivity index (χ3v) is 2.60. The van der Waals surface area contributed by atoms with E-state index in [1.165, 1.54) is 6.92 Å². The van der Waals surface area contributed by atoms with Crippen LogP contribution in [0.3, 0.4) is 0 Å². The quantitative estimate of drug-likeness (QED) is 0.784. The van der Waals surface area contributed by atoms with Gasteiger partial charge in [0.1, 0.15) is 0 Å². The van der Waals surface area contributed by atoms with Gasteiger partial charge >= 0.3 is 5.97 Å². The summed E-state index contributed by atoms with van der Waals surface area (Å²) in [5.41, 5.74) is 0.460. The predicted molar refractivity (Wildman–Crippen MR) is 66.9 cm³/mol. The number of hydrogen-bond acceptors (Lipinski definition) is 4. The molecule has 1 aromatic rings. The largest absolute Gasteiger partial charge is 0.452 e. The van der Waals surface area contributed by atoms with E-state index in [9.17, 15) is 14.7 Å². The third-order valence-electron chi connectivity index (χ3n) is 2.60. The van der Waals surface area contributed by atoms with Crippen LogP contribution >= 0.6 is 0 Å². The molecule has 2 atom stereocenters. The molecule has 0 radical (unpaired) electrons. The number of rotatable bonds is 6. The molecule has 4 nitrogen and oxygen atoms in total. The van der Waals surface area contributed by atoms with Gasteiger partial charge in [-0.25, -0.2) is 4.79 Å². The van der Waals surface area contributed by atoms with E-state index in [-0.39, 0.29) is 5.78 Å². The predicted octanol–water partition coefficient (Wildman–Crippen LogP) is 2.02. The van der Waals surface area contributed by atoms with E-state index in [4.69, 9.17) is 4.74 Å². The molecule has 1 aromatic carbocycles. The van der Waals surface area contributed by atoms with E-state index in [2.05, 4.69) is 0 Å². The number of ether oxygens (including phenoxy) is 1. The molecule has 0 amide bonds. The van der Waals surface area contributed by atoms with Crippen molar-refractivity contribution in [2.24, 2.45) is 0 Å². The van der Waals surface area contributed by atoms with Crippen LogP contribution in [-0.4, -0.2) is 23.0 Å². The Bertz CT molecular complexity index is 400. The van der Waals surface area contributed by atoms with Gasteiger partial charge in [-0.3, -0.25) is 4.79 Å².